The molecule has 0 unspecified atom stereocenters. The van der Waals surface area contributed by atoms with Gasteiger partial charge in [-0.3, -0.25) is 0 Å². The minimum Gasteiger partial charge on any atom is -0.464 e. The molecule has 0 fully saturated rings. The predicted octanol–water partition coefficient (Wildman–Crippen LogP) is 1.05. The summed E-state index contributed by atoms with van der Waals surface area (Å²) in [6.07, 6.45) is 0. The van der Waals surface area contributed by atoms with Crippen LogP contribution < -0.4 is 5.32 Å². The molecule has 2 aromatic heterocycles. The highest BCUT2D eigenvalue weighted by atomic mass is 16.6. The molecule has 122 valence electrons. The number of anilines is 1. The van der Waals surface area contributed by atoms with Crippen LogP contribution >= 0.6 is 0 Å². The van der Waals surface area contributed by atoms with Gasteiger partial charge in [0.2, 0.25) is 5.95 Å². The second-order valence-corrected chi connectivity index (χ2v) is 5.09. The molecule has 9 nitrogen and oxygen atoms in total. The molecule has 3 rings (SSSR count). The Hall–Kier alpha value is -2.68. The fourth-order valence-corrected chi connectivity index (χ4v) is 2.44. The fourth-order valence-electron chi connectivity index (χ4n) is 2.44. The van der Waals surface area contributed by atoms with Crippen molar-refractivity contribution < 1.29 is 18.7 Å². The first-order chi connectivity index (χ1) is 11.1. The van der Waals surface area contributed by atoms with Gasteiger partial charge in [-0.25, -0.2) is 4.79 Å². The Morgan fingerprint density at radius 3 is 2.91 bits per heavy atom. The van der Waals surface area contributed by atoms with Gasteiger partial charge in [-0.15, -0.1) is 0 Å². The number of esters is 1. The van der Waals surface area contributed by atoms with E-state index >= 15 is 0 Å². The Kier molecular flexibility index (Phi) is 4.11. The average molecular weight is 319 g/mol. The molecule has 0 saturated carbocycles. The lowest BCUT2D eigenvalue weighted by atomic mass is 10.0. The van der Waals surface area contributed by atoms with E-state index in [0.717, 1.165) is 5.76 Å². The van der Waals surface area contributed by atoms with Crippen LogP contribution in [-0.4, -0.2) is 46.5 Å². The van der Waals surface area contributed by atoms with Gasteiger partial charge in [-0.05, 0) is 36.4 Å². The monoisotopic (exact) mass is 319 g/mol. The topological polar surface area (TPSA) is 104 Å². The number of hydrogen-bond donors (Lipinski definition) is 1. The van der Waals surface area contributed by atoms with E-state index in [4.69, 9.17) is 13.9 Å². The maximum atomic E-state index is 12.5. The highest BCUT2D eigenvalue weighted by Gasteiger charge is 2.36. The van der Waals surface area contributed by atoms with Crippen LogP contribution in [0.15, 0.2) is 27.8 Å². The van der Waals surface area contributed by atoms with Crippen molar-refractivity contribution in [3.63, 3.8) is 0 Å². The number of aryl methyl sites for hydroxylation is 1. The van der Waals surface area contributed by atoms with Crippen molar-refractivity contribution in [1.82, 2.24) is 20.2 Å². The van der Waals surface area contributed by atoms with Crippen molar-refractivity contribution in [2.45, 2.75) is 19.9 Å². The molecular formula is C14H17N5O4. The lowest BCUT2D eigenvalue weighted by Crippen LogP contribution is -2.30. The summed E-state index contributed by atoms with van der Waals surface area (Å²) in [7, 11) is 1.54. The number of hydrogen-bond acceptors (Lipinski definition) is 8. The molecule has 1 aliphatic rings. The summed E-state index contributed by atoms with van der Waals surface area (Å²) in [6.45, 7) is 4.09. The third-order valence-corrected chi connectivity index (χ3v) is 3.49. The Morgan fingerprint density at radius 1 is 1.39 bits per heavy atom. The molecule has 2 aromatic rings. The van der Waals surface area contributed by atoms with Crippen molar-refractivity contribution in [2.24, 2.45) is 0 Å². The van der Waals surface area contributed by atoms with Gasteiger partial charge >= 0.3 is 5.97 Å². The average Bonchev–Trinajstić information content (AvgIpc) is 3.14. The van der Waals surface area contributed by atoms with Gasteiger partial charge < -0.3 is 19.2 Å². The van der Waals surface area contributed by atoms with Crippen LogP contribution in [-0.2, 0) is 14.3 Å². The third-order valence-electron chi connectivity index (χ3n) is 3.49. The van der Waals surface area contributed by atoms with E-state index in [0.29, 0.717) is 29.6 Å². The highest BCUT2D eigenvalue weighted by molar-refractivity contribution is 5.92. The number of rotatable bonds is 5. The minimum absolute atomic E-state index is 0.165. The van der Waals surface area contributed by atoms with Crippen LogP contribution in [0, 0.1) is 6.92 Å². The van der Waals surface area contributed by atoms with Crippen LogP contribution in [0.3, 0.4) is 0 Å². The third kappa shape index (κ3) is 2.82. The second kappa shape index (κ2) is 6.21. The molecular weight excluding hydrogens is 302 g/mol. The van der Waals surface area contributed by atoms with Crippen LogP contribution in [0.25, 0.3) is 0 Å². The van der Waals surface area contributed by atoms with Crippen molar-refractivity contribution in [3.8, 4) is 0 Å². The molecule has 0 aliphatic carbocycles. The number of nitrogens with zero attached hydrogens (tertiary/aromatic N) is 4. The number of allylic oxidation sites excluding steroid dienone is 1. The van der Waals surface area contributed by atoms with Crippen LogP contribution in [0.1, 0.15) is 24.5 Å². The van der Waals surface area contributed by atoms with E-state index in [1.54, 1.807) is 20.1 Å². The summed E-state index contributed by atoms with van der Waals surface area (Å²) in [5.74, 6) is 1.27. The van der Waals surface area contributed by atoms with Gasteiger partial charge in [0.1, 0.15) is 24.2 Å². The SMILES string of the molecule is COCCOC(=O)C1=C(C)Nc2nnnn2[C@@H]1c1ccc(C)o1. The smallest absolute Gasteiger partial charge is 0.338 e. The van der Waals surface area contributed by atoms with Gasteiger partial charge in [0.25, 0.3) is 0 Å². The first-order valence-electron chi connectivity index (χ1n) is 7.10. The quantitative estimate of drug-likeness (QED) is 0.644. The van der Waals surface area contributed by atoms with E-state index in [-0.39, 0.29) is 6.61 Å². The Bertz CT molecular complexity index is 748. The number of tetrazole rings is 1. The molecule has 0 bridgehead atoms. The summed E-state index contributed by atoms with van der Waals surface area (Å²) in [5, 5.41) is 14.5. The van der Waals surface area contributed by atoms with Gasteiger partial charge in [0, 0.05) is 12.8 Å². The normalized spacial score (nSPS) is 16.9. The Balaban J connectivity index is 1.98. The maximum Gasteiger partial charge on any atom is 0.338 e. The molecule has 23 heavy (non-hydrogen) atoms. The van der Waals surface area contributed by atoms with E-state index < -0.39 is 12.0 Å². The Morgan fingerprint density at radius 2 is 2.22 bits per heavy atom. The summed E-state index contributed by atoms with van der Waals surface area (Å²) >= 11 is 0. The molecule has 3 heterocycles. The number of aromatic nitrogens is 4. The van der Waals surface area contributed by atoms with Crippen LogP contribution in [0.2, 0.25) is 0 Å². The maximum absolute atomic E-state index is 12.5. The zero-order valence-corrected chi connectivity index (χ0v) is 13.1. The van der Waals surface area contributed by atoms with Crippen molar-refractivity contribution in [1.29, 1.82) is 0 Å². The van der Waals surface area contributed by atoms with Crippen molar-refractivity contribution in [3.05, 3.63) is 34.9 Å². The van der Waals surface area contributed by atoms with Crippen LogP contribution in [0.5, 0.6) is 0 Å². The molecule has 0 spiro atoms. The van der Waals surface area contributed by atoms with Gasteiger partial charge in [-0.1, -0.05) is 5.10 Å². The first-order valence-corrected chi connectivity index (χ1v) is 7.10. The molecule has 0 radical (unpaired) electrons. The number of ether oxygens (including phenoxy) is 2. The minimum atomic E-state index is -0.579. The number of methoxy groups -OCH3 is 1. The van der Waals surface area contributed by atoms with Crippen molar-refractivity contribution in [2.75, 3.05) is 25.6 Å². The molecule has 9 heteroatoms. The van der Waals surface area contributed by atoms with Crippen LogP contribution in [0.4, 0.5) is 5.95 Å². The van der Waals surface area contributed by atoms with E-state index in [1.165, 1.54) is 4.68 Å². The summed E-state index contributed by atoms with van der Waals surface area (Å²) in [6, 6.07) is 3.04. The second-order valence-electron chi connectivity index (χ2n) is 5.09. The van der Waals surface area contributed by atoms with Crippen molar-refractivity contribution >= 4 is 11.9 Å². The molecule has 0 saturated heterocycles. The van der Waals surface area contributed by atoms with E-state index in [1.807, 2.05) is 13.0 Å². The first kappa shape index (κ1) is 15.2. The molecule has 1 atom stereocenters. The molecule has 1 aliphatic heterocycles. The number of carbonyl (C=O) groups is 1. The summed E-state index contributed by atoms with van der Waals surface area (Å²) in [5.41, 5.74) is 1.02. The number of fused-ring (bicyclic) bond motifs is 1. The zero-order chi connectivity index (χ0) is 16.4. The molecule has 0 aromatic carbocycles. The zero-order valence-electron chi connectivity index (χ0n) is 13.1. The summed E-state index contributed by atoms with van der Waals surface area (Å²) < 4.78 is 17.3. The standard InChI is InChI=1S/C14H17N5O4/c1-8-4-5-10(23-8)12-11(13(20)22-7-6-21-3)9(2)15-14-16-17-18-19(12)14/h4-5,12H,6-7H2,1-3H3,(H,15,16,18)/t12-/m1/s1. The molecule has 1 N–H and O–H groups in total. The number of nitrogens with one attached hydrogen (secondary N) is 1. The Labute approximate surface area is 132 Å². The predicted molar refractivity (Wildman–Crippen MR) is 78.6 cm³/mol. The number of furan rings is 1. The number of carbonyl (C=O) groups excluding carboxylic acids is 1. The van der Waals surface area contributed by atoms with E-state index in [9.17, 15) is 4.79 Å². The summed E-state index contributed by atoms with van der Waals surface area (Å²) in [4.78, 5) is 12.5. The van der Waals surface area contributed by atoms with Gasteiger partial charge in [0.15, 0.2) is 0 Å². The largest absolute Gasteiger partial charge is 0.464 e. The van der Waals surface area contributed by atoms with E-state index in [2.05, 4.69) is 20.8 Å². The lowest BCUT2D eigenvalue weighted by Gasteiger charge is -2.25. The highest BCUT2D eigenvalue weighted by Crippen LogP contribution is 2.35. The fraction of sp³-hybridized carbons (Fsp3) is 0.429. The molecule has 0 amide bonds. The van der Waals surface area contributed by atoms with Gasteiger partial charge in [-0.2, -0.15) is 4.68 Å². The van der Waals surface area contributed by atoms with Gasteiger partial charge in [0.05, 0.1) is 12.2 Å². The lowest BCUT2D eigenvalue weighted by molar-refractivity contribution is -0.140.